The molecule has 2 N–H and O–H groups in total. The summed E-state index contributed by atoms with van der Waals surface area (Å²) >= 11 is 8.88. The zero-order chi connectivity index (χ0) is 17.9. The number of nitrogens with two attached hydrogens (primary N) is 1. The van der Waals surface area contributed by atoms with Crippen LogP contribution >= 0.6 is 27.5 Å². The Kier molecular flexibility index (Phi) is 5.50. The summed E-state index contributed by atoms with van der Waals surface area (Å²) in [5.41, 5.74) is -0.449. The molecule has 124 valence electrons. The molecular weight excluding hydrogens is 406 g/mol. The van der Waals surface area contributed by atoms with Crippen LogP contribution in [0.1, 0.15) is 20.7 Å². The van der Waals surface area contributed by atoms with Gasteiger partial charge in [-0.05, 0) is 36.4 Å². The maximum absolute atomic E-state index is 12.0. The second-order valence-electron chi connectivity index (χ2n) is 4.44. The van der Waals surface area contributed by atoms with E-state index in [9.17, 15) is 19.7 Å². The van der Waals surface area contributed by atoms with Crippen molar-refractivity contribution in [1.29, 1.82) is 0 Å². The number of amides is 1. The molecule has 0 aliphatic rings. The van der Waals surface area contributed by atoms with Gasteiger partial charge in [-0.1, -0.05) is 32.7 Å². The van der Waals surface area contributed by atoms with Gasteiger partial charge >= 0.3 is 11.9 Å². The number of hydrogen-bond acceptors (Lipinski definition) is 6. The Hall–Kier alpha value is -2.49. The lowest BCUT2D eigenvalue weighted by atomic mass is 10.2. The predicted octanol–water partition coefficient (Wildman–Crippen LogP) is 3.10. The number of carbonyl (C=O) groups excluding carboxylic acids is 2. The van der Waals surface area contributed by atoms with Gasteiger partial charge in [-0.15, -0.1) is 0 Å². The number of hydrogen-bond donors (Lipinski definition) is 1. The largest absolute Gasteiger partial charge is 0.365 e. The highest BCUT2D eigenvalue weighted by molar-refractivity contribution is 9.10. The van der Waals surface area contributed by atoms with E-state index >= 15 is 0 Å². The molecule has 1 amide bonds. The Labute approximate surface area is 149 Å². The zero-order valence-corrected chi connectivity index (χ0v) is 14.2. The molecule has 0 radical (unpaired) electrons. The number of benzene rings is 2. The van der Waals surface area contributed by atoms with E-state index in [1.165, 1.54) is 24.3 Å². The van der Waals surface area contributed by atoms with E-state index in [-0.39, 0.29) is 21.3 Å². The van der Waals surface area contributed by atoms with Crippen molar-refractivity contribution in [2.45, 2.75) is 0 Å². The first kappa shape index (κ1) is 17.9. The van der Waals surface area contributed by atoms with E-state index in [1.807, 2.05) is 0 Å². The molecular formula is C14H9BrClN3O5. The standard InChI is InChI=1S/C14H9BrClN3O5/c15-10-4-1-8(2-5-10)13(20)18(17)24-14(21)9-3-6-11(16)12(7-9)19(22)23/h1-7H,17H2. The van der Waals surface area contributed by atoms with Crippen LogP contribution in [-0.2, 0) is 4.84 Å². The summed E-state index contributed by atoms with van der Waals surface area (Å²) in [6.45, 7) is 0. The van der Waals surface area contributed by atoms with Crippen molar-refractivity contribution in [1.82, 2.24) is 5.17 Å². The fraction of sp³-hybridized carbons (Fsp3) is 0. The van der Waals surface area contributed by atoms with Crippen molar-refractivity contribution in [3.05, 3.63) is 73.2 Å². The van der Waals surface area contributed by atoms with E-state index in [1.54, 1.807) is 12.1 Å². The van der Waals surface area contributed by atoms with Gasteiger partial charge in [0.25, 0.3) is 5.69 Å². The van der Waals surface area contributed by atoms with Crippen molar-refractivity contribution in [2.75, 3.05) is 0 Å². The van der Waals surface area contributed by atoms with Crippen LogP contribution in [-0.4, -0.2) is 22.0 Å². The molecule has 0 atom stereocenters. The lowest BCUT2D eigenvalue weighted by Crippen LogP contribution is -2.39. The quantitative estimate of drug-likeness (QED) is 0.357. The molecule has 0 aliphatic carbocycles. The number of nitro groups is 1. The molecule has 8 nitrogen and oxygen atoms in total. The minimum atomic E-state index is -1.04. The number of hydroxylamine groups is 1. The SMILES string of the molecule is NN(OC(=O)c1ccc(Cl)c([N+](=O)[O-])c1)C(=O)c1ccc(Br)cc1. The zero-order valence-electron chi connectivity index (χ0n) is 11.8. The summed E-state index contributed by atoms with van der Waals surface area (Å²) in [4.78, 5) is 38.8. The first-order valence-electron chi connectivity index (χ1n) is 6.30. The Bertz CT molecular complexity index is 813. The summed E-state index contributed by atoms with van der Waals surface area (Å²) in [6.07, 6.45) is 0. The molecule has 0 bridgehead atoms. The molecule has 0 aliphatic heterocycles. The van der Waals surface area contributed by atoms with E-state index in [0.717, 1.165) is 10.5 Å². The van der Waals surface area contributed by atoms with E-state index in [4.69, 9.17) is 22.3 Å². The molecule has 2 rings (SSSR count). The fourth-order valence-electron chi connectivity index (χ4n) is 1.68. The van der Waals surface area contributed by atoms with E-state index < -0.39 is 22.5 Å². The van der Waals surface area contributed by atoms with Crippen molar-refractivity contribution in [2.24, 2.45) is 5.84 Å². The van der Waals surface area contributed by atoms with E-state index in [2.05, 4.69) is 15.9 Å². The van der Waals surface area contributed by atoms with Gasteiger partial charge in [0.1, 0.15) is 5.02 Å². The summed E-state index contributed by atoms with van der Waals surface area (Å²) in [7, 11) is 0. The summed E-state index contributed by atoms with van der Waals surface area (Å²) in [5, 5.41) is 10.9. The number of rotatable bonds is 3. The predicted molar refractivity (Wildman–Crippen MR) is 88.0 cm³/mol. The number of halogens is 2. The monoisotopic (exact) mass is 413 g/mol. The molecule has 2 aromatic rings. The van der Waals surface area contributed by atoms with Gasteiger partial charge in [0.05, 0.1) is 10.5 Å². The first-order valence-corrected chi connectivity index (χ1v) is 7.47. The second-order valence-corrected chi connectivity index (χ2v) is 5.76. The van der Waals surface area contributed by atoms with Crippen LogP contribution in [0.4, 0.5) is 5.69 Å². The lowest BCUT2D eigenvalue weighted by Gasteiger charge is -2.15. The lowest BCUT2D eigenvalue weighted by molar-refractivity contribution is -0.384. The summed E-state index contributed by atoms with van der Waals surface area (Å²) in [6, 6.07) is 9.52. The van der Waals surface area contributed by atoms with Gasteiger partial charge in [-0.25, -0.2) is 10.6 Å². The molecule has 0 fully saturated rings. The Morgan fingerprint density at radius 3 is 2.33 bits per heavy atom. The van der Waals surface area contributed by atoms with Crippen LogP contribution in [0.3, 0.4) is 0 Å². The van der Waals surface area contributed by atoms with Gasteiger partial charge in [0, 0.05) is 16.1 Å². The van der Waals surface area contributed by atoms with Gasteiger partial charge in [-0.3, -0.25) is 14.9 Å². The molecule has 10 heteroatoms. The Morgan fingerprint density at radius 2 is 1.75 bits per heavy atom. The van der Waals surface area contributed by atoms with Gasteiger partial charge in [0.2, 0.25) is 0 Å². The van der Waals surface area contributed by atoms with Crippen LogP contribution in [0.15, 0.2) is 46.9 Å². The average Bonchev–Trinajstić information content (AvgIpc) is 2.54. The van der Waals surface area contributed by atoms with Crippen molar-refractivity contribution in [3.63, 3.8) is 0 Å². The number of carbonyl (C=O) groups is 2. The molecule has 0 aromatic heterocycles. The van der Waals surface area contributed by atoms with Crippen molar-refractivity contribution in [3.8, 4) is 0 Å². The molecule has 0 unspecified atom stereocenters. The highest BCUT2D eigenvalue weighted by atomic mass is 79.9. The van der Waals surface area contributed by atoms with Crippen LogP contribution < -0.4 is 5.84 Å². The van der Waals surface area contributed by atoms with Gasteiger partial charge in [-0.2, -0.15) is 0 Å². The molecule has 0 saturated carbocycles. The smallest absolute Gasteiger partial charge is 0.317 e. The Balaban J connectivity index is 2.14. The van der Waals surface area contributed by atoms with Gasteiger partial charge < -0.3 is 4.84 Å². The van der Waals surface area contributed by atoms with Crippen LogP contribution in [0, 0.1) is 10.1 Å². The minimum absolute atomic E-state index is 0.132. The third kappa shape index (κ3) is 4.07. The summed E-state index contributed by atoms with van der Waals surface area (Å²) in [5.74, 6) is 3.62. The molecule has 0 spiro atoms. The molecule has 0 saturated heterocycles. The number of hydrazine groups is 1. The van der Waals surface area contributed by atoms with Crippen molar-refractivity contribution < 1.29 is 19.3 Å². The Morgan fingerprint density at radius 1 is 1.17 bits per heavy atom. The normalized spacial score (nSPS) is 10.1. The molecule has 24 heavy (non-hydrogen) atoms. The van der Waals surface area contributed by atoms with E-state index in [0.29, 0.717) is 0 Å². The maximum atomic E-state index is 12.0. The fourth-order valence-corrected chi connectivity index (χ4v) is 2.13. The highest BCUT2D eigenvalue weighted by Gasteiger charge is 2.21. The topological polar surface area (TPSA) is 116 Å². The number of nitrogens with zero attached hydrogens (tertiary/aromatic N) is 2. The van der Waals surface area contributed by atoms with Crippen LogP contribution in [0.2, 0.25) is 5.02 Å². The highest BCUT2D eigenvalue weighted by Crippen LogP contribution is 2.25. The molecule has 0 heterocycles. The third-order valence-corrected chi connectivity index (χ3v) is 3.70. The maximum Gasteiger partial charge on any atom is 0.365 e. The van der Waals surface area contributed by atoms with Crippen LogP contribution in [0.25, 0.3) is 0 Å². The van der Waals surface area contributed by atoms with Crippen molar-refractivity contribution >= 4 is 45.1 Å². The average molecular weight is 415 g/mol. The minimum Gasteiger partial charge on any atom is -0.317 e. The number of nitro benzene ring substituents is 1. The van der Waals surface area contributed by atoms with Gasteiger partial charge in [0.15, 0.2) is 0 Å². The van der Waals surface area contributed by atoms with Crippen LogP contribution in [0.5, 0.6) is 0 Å². The summed E-state index contributed by atoms with van der Waals surface area (Å²) < 4.78 is 0.757. The molecule has 2 aromatic carbocycles. The first-order chi connectivity index (χ1) is 11.3. The third-order valence-electron chi connectivity index (χ3n) is 2.85. The second kappa shape index (κ2) is 7.39.